The first-order valence-corrected chi connectivity index (χ1v) is 6.61. The summed E-state index contributed by atoms with van der Waals surface area (Å²) in [6, 6.07) is 0.684. The van der Waals surface area contributed by atoms with Gasteiger partial charge in [-0.2, -0.15) is 0 Å². The van der Waals surface area contributed by atoms with Gasteiger partial charge in [0.05, 0.1) is 12.7 Å². The molecule has 0 bridgehead atoms. The Morgan fingerprint density at radius 3 is 2.88 bits per heavy atom. The number of likely N-dealkylation sites (N-methyl/N-ethyl adjacent to an activating group) is 1. The van der Waals surface area contributed by atoms with Crippen LogP contribution in [0, 0.1) is 5.41 Å². The molecule has 16 heavy (non-hydrogen) atoms. The van der Waals surface area contributed by atoms with Gasteiger partial charge in [-0.15, -0.1) is 0 Å². The highest BCUT2D eigenvalue weighted by Crippen LogP contribution is 2.37. The van der Waals surface area contributed by atoms with Crippen molar-refractivity contribution in [3.8, 4) is 0 Å². The molecule has 1 saturated carbocycles. The molecule has 1 aliphatic heterocycles. The first kappa shape index (κ1) is 12.3. The third-order valence-corrected chi connectivity index (χ3v) is 4.19. The zero-order valence-electron chi connectivity index (χ0n) is 11.0. The average Bonchev–Trinajstić information content (AvgIpc) is 2.55. The van der Waals surface area contributed by atoms with Crippen molar-refractivity contribution in [2.24, 2.45) is 5.41 Å². The average molecular weight is 226 g/mol. The lowest BCUT2D eigenvalue weighted by Crippen LogP contribution is -2.48. The van der Waals surface area contributed by atoms with Crippen LogP contribution >= 0.6 is 0 Å². The SMILES string of the molecule is CN1CCOC(CNC2CCCC2(C)C)C1. The minimum Gasteiger partial charge on any atom is -0.374 e. The largest absolute Gasteiger partial charge is 0.374 e. The first-order valence-electron chi connectivity index (χ1n) is 6.61. The van der Waals surface area contributed by atoms with E-state index in [1.54, 1.807) is 0 Å². The van der Waals surface area contributed by atoms with Crippen molar-refractivity contribution in [1.29, 1.82) is 0 Å². The highest BCUT2D eigenvalue weighted by atomic mass is 16.5. The van der Waals surface area contributed by atoms with Crippen LogP contribution in [-0.4, -0.2) is 50.3 Å². The Morgan fingerprint density at radius 2 is 2.25 bits per heavy atom. The minimum absolute atomic E-state index is 0.384. The zero-order valence-corrected chi connectivity index (χ0v) is 11.0. The first-order chi connectivity index (χ1) is 7.58. The summed E-state index contributed by atoms with van der Waals surface area (Å²) in [4.78, 5) is 2.36. The molecule has 94 valence electrons. The van der Waals surface area contributed by atoms with Crippen molar-refractivity contribution < 1.29 is 4.74 Å². The fraction of sp³-hybridized carbons (Fsp3) is 1.00. The van der Waals surface area contributed by atoms with Crippen molar-refractivity contribution >= 4 is 0 Å². The maximum absolute atomic E-state index is 5.77. The van der Waals surface area contributed by atoms with E-state index >= 15 is 0 Å². The molecule has 2 unspecified atom stereocenters. The monoisotopic (exact) mass is 226 g/mol. The van der Waals surface area contributed by atoms with E-state index in [1.165, 1.54) is 19.3 Å². The van der Waals surface area contributed by atoms with Crippen LogP contribution < -0.4 is 5.32 Å². The van der Waals surface area contributed by atoms with E-state index in [2.05, 4.69) is 31.1 Å². The molecule has 0 aromatic rings. The molecule has 1 heterocycles. The third kappa shape index (κ3) is 2.96. The summed E-state index contributed by atoms with van der Waals surface area (Å²) < 4.78 is 5.77. The van der Waals surface area contributed by atoms with Crippen LogP contribution in [0.15, 0.2) is 0 Å². The van der Waals surface area contributed by atoms with Crippen LogP contribution in [0.25, 0.3) is 0 Å². The predicted molar refractivity (Wildman–Crippen MR) is 66.7 cm³/mol. The van der Waals surface area contributed by atoms with E-state index < -0.39 is 0 Å². The molecule has 1 saturated heterocycles. The van der Waals surface area contributed by atoms with Gasteiger partial charge < -0.3 is 15.0 Å². The number of rotatable bonds is 3. The second-order valence-electron chi connectivity index (χ2n) is 6.10. The number of ether oxygens (including phenoxy) is 1. The van der Waals surface area contributed by atoms with Crippen LogP contribution in [0.4, 0.5) is 0 Å². The summed E-state index contributed by atoms with van der Waals surface area (Å²) >= 11 is 0. The Balaban J connectivity index is 1.74. The van der Waals surface area contributed by atoms with Crippen LogP contribution in [0.1, 0.15) is 33.1 Å². The van der Waals surface area contributed by atoms with Gasteiger partial charge in [-0.1, -0.05) is 20.3 Å². The molecule has 0 spiro atoms. The summed E-state index contributed by atoms with van der Waals surface area (Å²) in [7, 11) is 2.18. The van der Waals surface area contributed by atoms with E-state index in [0.717, 1.165) is 26.2 Å². The quantitative estimate of drug-likeness (QED) is 0.789. The smallest absolute Gasteiger partial charge is 0.0826 e. The molecule has 3 heteroatoms. The third-order valence-electron chi connectivity index (χ3n) is 4.19. The number of morpholine rings is 1. The molecule has 2 fully saturated rings. The highest BCUT2D eigenvalue weighted by molar-refractivity contribution is 4.90. The summed E-state index contributed by atoms with van der Waals surface area (Å²) in [5.74, 6) is 0. The van der Waals surface area contributed by atoms with Gasteiger partial charge in [0.2, 0.25) is 0 Å². The molecule has 2 rings (SSSR count). The number of nitrogens with zero attached hydrogens (tertiary/aromatic N) is 1. The van der Waals surface area contributed by atoms with Gasteiger partial charge in [0.25, 0.3) is 0 Å². The fourth-order valence-corrected chi connectivity index (χ4v) is 2.97. The Morgan fingerprint density at radius 1 is 1.44 bits per heavy atom. The second-order valence-corrected chi connectivity index (χ2v) is 6.10. The van der Waals surface area contributed by atoms with E-state index in [-0.39, 0.29) is 0 Å². The van der Waals surface area contributed by atoms with E-state index in [0.29, 0.717) is 17.6 Å². The number of hydrogen-bond acceptors (Lipinski definition) is 3. The molecular weight excluding hydrogens is 200 g/mol. The molecular formula is C13H26N2O. The van der Waals surface area contributed by atoms with Crippen LogP contribution in [-0.2, 0) is 4.74 Å². The van der Waals surface area contributed by atoms with Crippen molar-refractivity contribution in [3.63, 3.8) is 0 Å². The summed E-state index contributed by atoms with van der Waals surface area (Å²) in [5, 5.41) is 3.71. The second kappa shape index (κ2) is 5.03. The Hall–Kier alpha value is -0.120. The van der Waals surface area contributed by atoms with Gasteiger partial charge in [-0.3, -0.25) is 0 Å². The normalized spacial score (nSPS) is 35.4. The van der Waals surface area contributed by atoms with E-state index in [9.17, 15) is 0 Å². The Labute approximate surface area is 99.5 Å². The summed E-state index contributed by atoms with van der Waals surface area (Å²) in [6.45, 7) is 8.80. The van der Waals surface area contributed by atoms with Gasteiger partial charge in [0.1, 0.15) is 0 Å². The maximum Gasteiger partial charge on any atom is 0.0826 e. The lowest BCUT2D eigenvalue weighted by Gasteiger charge is -2.33. The van der Waals surface area contributed by atoms with Crippen molar-refractivity contribution in [1.82, 2.24) is 10.2 Å². The van der Waals surface area contributed by atoms with Gasteiger partial charge in [0.15, 0.2) is 0 Å². The predicted octanol–water partition coefficient (Wildman–Crippen LogP) is 1.49. The molecule has 0 radical (unpaired) electrons. The van der Waals surface area contributed by atoms with Gasteiger partial charge in [-0.05, 0) is 25.3 Å². The molecule has 0 aromatic carbocycles. The topological polar surface area (TPSA) is 24.5 Å². The maximum atomic E-state index is 5.77. The summed E-state index contributed by atoms with van der Waals surface area (Å²) in [6.07, 6.45) is 4.44. The Bertz CT molecular complexity index is 230. The molecule has 2 atom stereocenters. The number of nitrogens with one attached hydrogen (secondary N) is 1. The van der Waals surface area contributed by atoms with Crippen LogP contribution in [0.5, 0.6) is 0 Å². The molecule has 0 aromatic heterocycles. The van der Waals surface area contributed by atoms with E-state index in [4.69, 9.17) is 4.74 Å². The van der Waals surface area contributed by atoms with Gasteiger partial charge in [-0.25, -0.2) is 0 Å². The standard InChI is InChI=1S/C13H26N2O/c1-13(2)6-4-5-12(13)14-9-11-10-15(3)7-8-16-11/h11-12,14H,4-10H2,1-3H3. The van der Waals surface area contributed by atoms with Gasteiger partial charge >= 0.3 is 0 Å². The van der Waals surface area contributed by atoms with Crippen molar-refractivity contribution in [2.45, 2.75) is 45.3 Å². The lowest BCUT2D eigenvalue weighted by molar-refractivity contribution is -0.0205. The van der Waals surface area contributed by atoms with Crippen LogP contribution in [0.3, 0.4) is 0 Å². The lowest BCUT2D eigenvalue weighted by atomic mass is 9.87. The molecule has 3 nitrogen and oxygen atoms in total. The molecule has 0 amide bonds. The Kier molecular flexibility index (Phi) is 3.88. The van der Waals surface area contributed by atoms with Crippen LogP contribution in [0.2, 0.25) is 0 Å². The zero-order chi connectivity index (χ0) is 11.6. The molecule has 1 N–H and O–H groups in total. The van der Waals surface area contributed by atoms with E-state index in [1.807, 2.05) is 0 Å². The van der Waals surface area contributed by atoms with Gasteiger partial charge in [0, 0.05) is 25.7 Å². The number of hydrogen-bond donors (Lipinski definition) is 1. The molecule has 2 aliphatic rings. The fourth-order valence-electron chi connectivity index (χ4n) is 2.97. The van der Waals surface area contributed by atoms with Crippen molar-refractivity contribution in [3.05, 3.63) is 0 Å². The van der Waals surface area contributed by atoms with Crippen molar-refractivity contribution in [2.75, 3.05) is 33.3 Å². The highest BCUT2D eigenvalue weighted by Gasteiger charge is 2.34. The summed E-state index contributed by atoms with van der Waals surface area (Å²) in [5.41, 5.74) is 0.473. The minimum atomic E-state index is 0.384. The molecule has 1 aliphatic carbocycles.